The van der Waals surface area contributed by atoms with E-state index in [-0.39, 0.29) is 23.7 Å². The number of aromatic nitrogens is 1. The number of hydrogen-bond acceptors (Lipinski definition) is 3. The van der Waals surface area contributed by atoms with E-state index < -0.39 is 5.82 Å². The number of nitrogens with one attached hydrogen (secondary N) is 2. The zero-order valence-electron chi connectivity index (χ0n) is 12.3. The molecule has 6 heteroatoms. The van der Waals surface area contributed by atoms with Gasteiger partial charge in [0.2, 0.25) is 11.8 Å². The molecule has 1 fully saturated rings. The fourth-order valence-corrected chi connectivity index (χ4v) is 2.40. The average Bonchev–Trinajstić information content (AvgIpc) is 3.34. The number of carbonyl (C=O) groups is 2. The zero-order chi connectivity index (χ0) is 16.2. The summed E-state index contributed by atoms with van der Waals surface area (Å²) in [6, 6.07) is 9.34. The van der Waals surface area contributed by atoms with E-state index in [2.05, 4.69) is 15.6 Å². The first-order chi connectivity index (χ1) is 11.1. The van der Waals surface area contributed by atoms with Crippen LogP contribution in [0.5, 0.6) is 0 Å². The minimum absolute atomic E-state index is 0.138. The van der Waals surface area contributed by atoms with Crippen LogP contribution in [0.2, 0.25) is 0 Å². The predicted molar refractivity (Wildman–Crippen MR) is 82.7 cm³/mol. The zero-order valence-corrected chi connectivity index (χ0v) is 12.3. The maximum Gasteiger partial charge on any atom is 0.228 e. The molecule has 2 unspecified atom stereocenters. The van der Waals surface area contributed by atoms with Crippen LogP contribution in [0.15, 0.2) is 48.8 Å². The smallest absolute Gasteiger partial charge is 0.228 e. The maximum absolute atomic E-state index is 13.1. The van der Waals surface area contributed by atoms with Gasteiger partial charge in [0.1, 0.15) is 5.82 Å². The first kappa shape index (κ1) is 15.1. The Balaban J connectivity index is 1.48. The molecule has 1 aromatic heterocycles. The number of nitrogens with zero attached hydrogens (tertiary/aromatic N) is 1. The highest BCUT2D eigenvalue weighted by molar-refractivity contribution is 5.99. The van der Waals surface area contributed by atoms with E-state index in [0.29, 0.717) is 18.7 Å². The quantitative estimate of drug-likeness (QED) is 0.888. The fourth-order valence-electron chi connectivity index (χ4n) is 2.40. The summed E-state index contributed by atoms with van der Waals surface area (Å²) in [5.41, 5.74) is 1.35. The molecule has 0 aliphatic heterocycles. The highest BCUT2D eigenvalue weighted by Crippen LogP contribution is 2.39. The third-order valence-corrected chi connectivity index (χ3v) is 3.77. The SMILES string of the molecule is O=C(NCc1ccncc1)C1CC1C(=O)Nc1cccc(F)c1. The van der Waals surface area contributed by atoms with E-state index in [1.54, 1.807) is 18.5 Å². The minimum Gasteiger partial charge on any atom is -0.352 e. The Morgan fingerprint density at radius 3 is 2.61 bits per heavy atom. The van der Waals surface area contributed by atoms with Crippen molar-refractivity contribution < 1.29 is 14.0 Å². The number of hydrogen-bond donors (Lipinski definition) is 2. The Labute approximate surface area is 132 Å². The third kappa shape index (κ3) is 3.91. The van der Waals surface area contributed by atoms with Crippen molar-refractivity contribution in [2.75, 3.05) is 5.32 Å². The van der Waals surface area contributed by atoms with E-state index in [4.69, 9.17) is 0 Å². The minimum atomic E-state index is -0.412. The number of halogens is 1. The monoisotopic (exact) mass is 313 g/mol. The normalized spacial score (nSPS) is 19.0. The summed E-state index contributed by atoms with van der Waals surface area (Å²) in [5, 5.41) is 5.45. The number of pyridine rings is 1. The molecule has 0 spiro atoms. The second kappa shape index (κ2) is 6.56. The van der Waals surface area contributed by atoms with Gasteiger partial charge in [-0.15, -0.1) is 0 Å². The fraction of sp³-hybridized carbons (Fsp3) is 0.235. The van der Waals surface area contributed by atoms with Gasteiger partial charge >= 0.3 is 0 Å². The topological polar surface area (TPSA) is 71.1 Å². The summed E-state index contributed by atoms with van der Waals surface area (Å²) in [5.74, 6) is -1.47. The van der Waals surface area contributed by atoms with Crippen molar-refractivity contribution in [3.8, 4) is 0 Å². The molecule has 0 bridgehead atoms. The molecule has 0 radical (unpaired) electrons. The summed E-state index contributed by atoms with van der Waals surface area (Å²) in [6.07, 6.45) is 3.84. The summed E-state index contributed by atoms with van der Waals surface area (Å²) < 4.78 is 13.1. The van der Waals surface area contributed by atoms with Crippen molar-refractivity contribution in [2.45, 2.75) is 13.0 Å². The molecular formula is C17H16FN3O2. The molecule has 2 aromatic rings. The lowest BCUT2D eigenvalue weighted by Gasteiger charge is -2.06. The van der Waals surface area contributed by atoms with Crippen LogP contribution in [-0.2, 0) is 16.1 Å². The van der Waals surface area contributed by atoms with Crippen molar-refractivity contribution in [2.24, 2.45) is 11.8 Å². The van der Waals surface area contributed by atoms with Crippen LogP contribution in [0, 0.1) is 17.7 Å². The Hall–Kier alpha value is -2.76. The molecule has 23 heavy (non-hydrogen) atoms. The molecule has 1 aliphatic rings. The molecule has 1 aromatic carbocycles. The number of carbonyl (C=O) groups excluding carboxylic acids is 2. The molecule has 0 saturated heterocycles. The third-order valence-electron chi connectivity index (χ3n) is 3.77. The molecule has 1 saturated carbocycles. The molecule has 118 valence electrons. The molecule has 2 amide bonds. The molecule has 1 heterocycles. The second-order valence-electron chi connectivity index (χ2n) is 5.52. The van der Waals surface area contributed by atoms with Gasteiger partial charge in [-0.05, 0) is 42.3 Å². The summed E-state index contributed by atoms with van der Waals surface area (Å²) in [4.78, 5) is 28.0. The average molecular weight is 313 g/mol. The van der Waals surface area contributed by atoms with Gasteiger partial charge in [-0.3, -0.25) is 14.6 Å². The van der Waals surface area contributed by atoms with E-state index in [0.717, 1.165) is 5.56 Å². The molecule has 1 aliphatic carbocycles. The molecule has 5 nitrogen and oxygen atoms in total. The molecule has 2 atom stereocenters. The number of benzene rings is 1. The van der Waals surface area contributed by atoms with Gasteiger partial charge in [-0.1, -0.05) is 6.07 Å². The Morgan fingerprint density at radius 1 is 1.13 bits per heavy atom. The van der Waals surface area contributed by atoms with Gasteiger partial charge in [0, 0.05) is 24.6 Å². The van der Waals surface area contributed by atoms with Crippen molar-refractivity contribution in [1.29, 1.82) is 0 Å². The first-order valence-corrected chi connectivity index (χ1v) is 7.36. The molecule has 3 rings (SSSR count). The predicted octanol–water partition coefficient (Wildman–Crippen LogP) is 2.11. The lowest BCUT2D eigenvalue weighted by Crippen LogP contribution is -2.27. The van der Waals surface area contributed by atoms with Gasteiger partial charge in [0.15, 0.2) is 0 Å². The van der Waals surface area contributed by atoms with Gasteiger partial charge in [0.25, 0.3) is 0 Å². The van der Waals surface area contributed by atoms with E-state index in [1.807, 2.05) is 12.1 Å². The largest absolute Gasteiger partial charge is 0.352 e. The maximum atomic E-state index is 13.1. The lowest BCUT2D eigenvalue weighted by atomic mass is 10.2. The van der Waals surface area contributed by atoms with Crippen LogP contribution in [-0.4, -0.2) is 16.8 Å². The Bertz CT molecular complexity index is 721. The van der Waals surface area contributed by atoms with Crippen LogP contribution in [0.25, 0.3) is 0 Å². The van der Waals surface area contributed by atoms with Gasteiger partial charge < -0.3 is 10.6 Å². The number of amides is 2. The summed E-state index contributed by atoms with van der Waals surface area (Å²) in [7, 11) is 0. The summed E-state index contributed by atoms with van der Waals surface area (Å²) >= 11 is 0. The van der Waals surface area contributed by atoms with Crippen LogP contribution in [0.4, 0.5) is 10.1 Å². The van der Waals surface area contributed by atoms with Crippen LogP contribution in [0.3, 0.4) is 0 Å². The number of rotatable bonds is 5. The van der Waals surface area contributed by atoms with Gasteiger partial charge in [-0.25, -0.2) is 4.39 Å². The van der Waals surface area contributed by atoms with Crippen LogP contribution < -0.4 is 10.6 Å². The van der Waals surface area contributed by atoms with Gasteiger partial charge in [0.05, 0.1) is 11.8 Å². The number of anilines is 1. The van der Waals surface area contributed by atoms with E-state index in [1.165, 1.54) is 18.2 Å². The highest BCUT2D eigenvalue weighted by atomic mass is 19.1. The standard InChI is InChI=1S/C17H16FN3O2/c18-12-2-1-3-13(8-12)21-17(23)15-9-14(15)16(22)20-10-11-4-6-19-7-5-11/h1-8,14-15H,9-10H2,(H,20,22)(H,21,23). The molecule has 2 N–H and O–H groups in total. The van der Waals surface area contributed by atoms with Crippen molar-refractivity contribution in [3.05, 3.63) is 60.2 Å². The van der Waals surface area contributed by atoms with Crippen LogP contribution >= 0.6 is 0 Å². The van der Waals surface area contributed by atoms with Crippen LogP contribution in [0.1, 0.15) is 12.0 Å². The van der Waals surface area contributed by atoms with Crippen molar-refractivity contribution in [1.82, 2.24) is 10.3 Å². The Kier molecular flexibility index (Phi) is 4.32. The highest BCUT2D eigenvalue weighted by Gasteiger charge is 2.47. The Morgan fingerprint density at radius 2 is 1.87 bits per heavy atom. The summed E-state index contributed by atoms with van der Waals surface area (Å²) in [6.45, 7) is 0.413. The lowest BCUT2D eigenvalue weighted by molar-refractivity contribution is -0.125. The van der Waals surface area contributed by atoms with Crippen molar-refractivity contribution in [3.63, 3.8) is 0 Å². The second-order valence-corrected chi connectivity index (χ2v) is 5.52. The van der Waals surface area contributed by atoms with E-state index in [9.17, 15) is 14.0 Å². The van der Waals surface area contributed by atoms with Gasteiger partial charge in [-0.2, -0.15) is 0 Å². The van der Waals surface area contributed by atoms with E-state index >= 15 is 0 Å². The first-order valence-electron chi connectivity index (χ1n) is 7.36. The van der Waals surface area contributed by atoms with Crippen molar-refractivity contribution >= 4 is 17.5 Å². The molecular weight excluding hydrogens is 297 g/mol.